The van der Waals surface area contributed by atoms with Gasteiger partial charge in [-0.15, -0.1) is 0 Å². The van der Waals surface area contributed by atoms with Crippen LogP contribution in [-0.4, -0.2) is 52.0 Å². The molecule has 6 nitrogen and oxygen atoms in total. The van der Waals surface area contributed by atoms with Gasteiger partial charge in [-0.25, -0.2) is 4.79 Å². The van der Waals surface area contributed by atoms with E-state index in [4.69, 9.17) is 21.1 Å². The zero-order chi connectivity index (χ0) is 16.8. The zero-order valence-electron chi connectivity index (χ0n) is 13.8. The Labute approximate surface area is 142 Å². The molecule has 0 aromatic heterocycles. The van der Waals surface area contributed by atoms with Gasteiger partial charge in [-0.2, -0.15) is 0 Å². The fraction of sp³-hybridized carbons (Fsp3) is 0.562. The molecule has 1 heterocycles. The summed E-state index contributed by atoms with van der Waals surface area (Å²) in [5.41, 5.74) is 0.956. The Bertz CT molecular complexity index is 541. The first-order valence-corrected chi connectivity index (χ1v) is 8.05. The van der Waals surface area contributed by atoms with E-state index in [9.17, 15) is 4.79 Å². The number of rotatable bonds is 6. The molecular weight excluding hydrogens is 318 g/mol. The van der Waals surface area contributed by atoms with E-state index in [-0.39, 0.29) is 18.1 Å². The van der Waals surface area contributed by atoms with Crippen molar-refractivity contribution < 1.29 is 14.3 Å². The lowest BCUT2D eigenvalue weighted by molar-refractivity contribution is 0.170. The minimum absolute atomic E-state index is 0.0227. The van der Waals surface area contributed by atoms with Gasteiger partial charge in [0.05, 0.1) is 25.4 Å². The fourth-order valence-corrected chi connectivity index (χ4v) is 2.92. The number of amides is 2. The summed E-state index contributed by atoms with van der Waals surface area (Å²) >= 11 is 6.09. The first-order chi connectivity index (χ1) is 11.0. The lowest BCUT2D eigenvalue weighted by Crippen LogP contribution is -2.47. The van der Waals surface area contributed by atoms with E-state index >= 15 is 0 Å². The van der Waals surface area contributed by atoms with E-state index in [1.165, 1.54) is 0 Å². The Kier molecular flexibility index (Phi) is 6.36. The van der Waals surface area contributed by atoms with Gasteiger partial charge in [0.25, 0.3) is 0 Å². The molecule has 2 amide bonds. The van der Waals surface area contributed by atoms with Crippen LogP contribution in [0.25, 0.3) is 0 Å². The summed E-state index contributed by atoms with van der Waals surface area (Å²) in [5, 5.41) is 6.52. The molecule has 0 aliphatic carbocycles. The Hall–Kier alpha value is -1.66. The molecule has 1 fully saturated rings. The molecule has 2 unspecified atom stereocenters. The van der Waals surface area contributed by atoms with Crippen LogP contribution < -0.4 is 20.3 Å². The number of halogens is 1. The van der Waals surface area contributed by atoms with Crippen LogP contribution in [0.4, 0.5) is 10.5 Å². The third-order valence-corrected chi connectivity index (χ3v) is 4.03. The molecule has 0 bridgehead atoms. The van der Waals surface area contributed by atoms with Crippen molar-refractivity contribution in [3.05, 3.63) is 23.2 Å². The number of carbonyl (C=O) groups excluding carboxylic acids is 1. The van der Waals surface area contributed by atoms with Crippen molar-refractivity contribution in [1.29, 1.82) is 0 Å². The molecule has 1 aliphatic rings. The van der Waals surface area contributed by atoms with Gasteiger partial charge >= 0.3 is 6.03 Å². The van der Waals surface area contributed by atoms with E-state index in [1.807, 2.05) is 19.1 Å². The summed E-state index contributed by atoms with van der Waals surface area (Å²) in [6.45, 7) is 3.96. The number of carbonyl (C=O) groups is 1. The first kappa shape index (κ1) is 17.7. The summed E-state index contributed by atoms with van der Waals surface area (Å²) in [6, 6.07) is 5.46. The second-order valence-corrected chi connectivity index (χ2v) is 6.16. The minimum Gasteiger partial charge on any atom is -0.495 e. The van der Waals surface area contributed by atoms with E-state index in [1.54, 1.807) is 20.3 Å². The number of benzene rings is 1. The molecule has 2 N–H and O–H groups in total. The standard InChI is InChI=1S/C16H24ClN3O3/c1-11(10-22-2)18-16(21)19-13-6-7-20(9-13)14-8-12(17)4-5-15(14)23-3/h4-5,8,11,13H,6-7,9-10H2,1-3H3,(H2,18,19,21). The van der Waals surface area contributed by atoms with E-state index in [0.717, 1.165) is 30.9 Å². The highest BCUT2D eigenvalue weighted by Gasteiger charge is 2.26. The molecule has 1 saturated heterocycles. The van der Waals surface area contributed by atoms with Crippen LogP contribution in [0.15, 0.2) is 18.2 Å². The fourth-order valence-electron chi connectivity index (χ4n) is 2.75. The van der Waals surface area contributed by atoms with Crippen molar-refractivity contribution in [2.75, 3.05) is 38.8 Å². The number of urea groups is 1. The van der Waals surface area contributed by atoms with Crippen LogP contribution in [0, 0.1) is 0 Å². The predicted octanol–water partition coefficient (Wildman–Crippen LogP) is 2.26. The quantitative estimate of drug-likeness (QED) is 0.833. The lowest BCUT2D eigenvalue weighted by Gasteiger charge is -2.22. The molecular formula is C16H24ClN3O3. The summed E-state index contributed by atoms with van der Waals surface area (Å²) in [7, 11) is 3.26. The Morgan fingerprint density at radius 1 is 1.48 bits per heavy atom. The molecule has 2 atom stereocenters. The van der Waals surface area contributed by atoms with Crippen LogP contribution in [-0.2, 0) is 4.74 Å². The monoisotopic (exact) mass is 341 g/mol. The highest BCUT2D eigenvalue weighted by molar-refractivity contribution is 6.30. The van der Waals surface area contributed by atoms with E-state index in [0.29, 0.717) is 11.6 Å². The Morgan fingerprint density at radius 3 is 2.96 bits per heavy atom. The topological polar surface area (TPSA) is 62.8 Å². The van der Waals surface area contributed by atoms with Crippen molar-refractivity contribution >= 4 is 23.3 Å². The van der Waals surface area contributed by atoms with Crippen LogP contribution in [0.2, 0.25) is 5.02 Å². The predicted molar refractivity (Wildman–Crippen MR) is 91.6 cm³/mol. The van der Waals surface area contributed by atoms with Crippen molar-refractivity contribution in [3.63, 3.8) is 0 Å². The number of anilines is 1. The summed E-state index contributed by atoms with van der Waals surface area (Å²) < 4.78 is 10.4. The Balaban J connectivity index is 1.91. The maximum Gasteiger partial charge on any atom is 0.315 e. The van der Waals surface area contributed by atoms with Crippen molar-refractivity contribution in [1.82, 2.24) is 10.6 Å². The van der Waals surface area contributed by atoms with E-state index in [2.05, 4.69) is 15.5 Å². The van der Waals surface area contributed by atoms with Gasteiger partial charge in [0.1, 0.15) is 5.75 Å². The van der Waals surface area contributed by atoms with Gasteiger partial charge in [0, 0.05) is 31.3 Å². The Morgan fingerprint density at radius 2 is 2.26 bits per heavy atom. The molecule has 0 spiro atoms. The van der Waals surface area contributed by atoms with Gasteiger partial charge in [-0.1, -0.05) is 11.6 Å². The maximum atomic E-state index is 12.0. The summed E-state index contributed by atoms with van der Waals surface area (Å²) in [5.74, 6) is 0.785. The second kappa shape index (κ2) is 8.26. The van der Waals surface area contributed by atoms with Gasteiger partial charge < -0.3 is 25.0 Å². The van der Waals surface area contributed by atoms with Crippen LogP contribution >= 0.6 is 11.6 Å². The van der Waals surface area contributed by atoms with Crippen LogP contribution in [0.3, 0.4) is 0 Å². The van der Waals surface area contributed by atoms with Crippen molar-refractivity contribution in [2.24, 2.45) is 0 Å². The summed E-state index contributed by atoms with van der Waals surface area (Å²) in [4.78, 5) is 14.1. The minimum atomic E-state index is -0.167. The van der Waals surface area contributed by atoms with Crippen molar-refractivity contribution in [3.8, 4) is 5.75 Å². The molecule has 7 heteroatoms. The first-order valence-electron chi connectivity index (χ1n) is 7.68. The van der Waals surface area contributed by atoms with Crippen molar-refractivity contribution in [2.45, 2.75) is 25.4 Å². The smallest absolute Gasteiger partial charge is 0.315 e. The molecule has 2 rings (SSSR count). The number of nitrogens with one attached hydrogen (secondary N) is 2. The highest BCUT2D eigenvalue weighted by atomic mass is 35.5. The van der Waals surface area contributed by atoms with Gasteiger partial charge in [0.2, 0.25) is 0 Å². The van der Waals surface area contributed by atoms with Gasteiger partial charge in [0.15, 0.2) is 0 Å². The number of hydrogen-bond donors (Lipinski definition) is 2. The molecule has 23 heavy (non-hydrogen) atoms. The third-order valence-electron chi connectivity index (χ3n) is 3.80. The number of nitrogens with zero attached hydrogens (tertiary/aromatic N) is 1. The van der Waals surface area contributed by atoms with E-state index < -0.39 is 0 Å². The zero-order valence-corrected chi connectivity index (χ0v) is 14.5. The number of ether oxygens (including phenoxy) is 2. The number of hydrogen-bond acceptors (Lipinski definition) is 4. The second-order valence-electron chi connectivity index (χ2n) is 5.72. The molecule has 0 saturated carbocycles. The largest absolute Gasteiger partial charge is 0.495 e. The summed E-state index contributed by atoms with van der Waals surface area (Å²) in [6.07, 6.45) is 0.877. The normalized spacial score (nSPS) is 18.6. The lowest BCUT2D eigenvalue weighted by atomic mass is 10.2. The van der Waals surface area contributed by atoms with Gasteiger partial charge in [-0.3, -0.25) is 0 Å². The van der Waals surface area contributed by atoms with Crippen LogP contribution in [0.1, 0.15) is 13.3 Å². The molecule has 1 aromatic rings. The average Bonchev–Trinajstić information content (AvgIpc) is 2.95. The number of methoxy groups -OCH3 is 2. The highest BCUT2D eigenvalue weighted by Crippen LogP contribution is 2.33. The maximum absolute atomic E-state index is 12.0. The molecule has 0 radical (unpaired) electrons. The van der Waals surface area contributed by atoms with Crippen LogP contribution in [0.5, 0.6) is 5.75 Å². The third kappa shape index (κ3) is 4.91. The molecule has 128 valence electrons. The molecule has 1 aliphatic heterocycles. The average molecular weight is 342 g/mol. The van der Waals surface area contributed by atoms with Gasteiger partial charge in [-0.05, 0) is 31.5 Å². The SMILES string of the molecule is COCC(C)NC(=O)NC1CCN(c2cc(Cl)ccc2OC)C1. The molecule has 1 aromatic carbocycles.